The summed E-state index contributed by atoms with van der Waals surface area (Å²) in [6.45, 7) is 11.7. The summed E-state index contributed by atoms with van der Waals surface area (Å²) in [6, 6.07) is 0. The third-order valence-corrected chi connectivity index (χ3v) is 6.32. The van der Waals surface area contributed by atoms with Crippen LogP contribution >= 0.6 is 12.2 Å². The summed E-state index contributed by atoms with van der Waals surface area (Å²) in [5.74, 6) is -0.0249. The van der Waals surface area contributed by atoms with E-state index >= 15 is 0 Å². The van der Waals surface area contributed by atoms with Crippen LogP contribution in [0.1, 0.15) is 19.8 Å². The summed E-state index contributed by atoms with van der Waals surface area (Å²) < 4.78 is 0. The Balaban J connectivity index is 2.04. The second-order valence-corrected chi connectivity index (χ2v) is 9.75. The molecule has 0 atom stereocenters. The normalized spacial score (nSPS) is 27.0. The van der Waals surface area contributed by atoms with Crippen molar-refractivity contribution < 1.29 is 4.79 Å². The molecule has 3 heterocycles. The molecule has 0 unspecified atom stereocenters. The molecule has 13 nitrogen and oxygen atoms in total. The Morgan fingerprint density at radius 3 is 1.66 bits per heavy atom. The number of fused-ring (bicyclic) bond motifs is 15. The fraction of sp³-hybridized carbons (Fsp3) is 0.905. The number of nitrogens with zero attached hydrogens (tertiary/aromatic N) is 3. The molecule has 0 radical (unpaired) electrons. The first-order valence-electron chi connectivity index (χ1n) is 12.6. The first kappa shape index (κ1) is 29.5. The number of hydrogen-bond acceptors (Lipinski definition) is 9. The highest BCUT2D eigenvalue weighted by molar-refractivity contribution is 7.80. The molecule has 3 rings (SSSR count). The number of azide groups is 1. The lowest BCUT2D eigenvalue weighted by atomic mass is 9.97. The van der Waals surface area contributed by atoms with Crippen LogP contribution in [0.5, 0.6) is 0 Å². The summed E-state index contributed by atoms with van der Waals surface area (Å²) >= 11 is 5.63. The molecule has 2 bridgehead atoms. The molecule has 0 spiro atoms. The molecular weight excluding hydrogens is 468 g/mol. The van der Waals surface area contributed by atoms with Crippen LogP contribution in [0.3, 0.4) is 0 Å². The van der Waals surface area contributed by atoms with Gasteiger partial charge in [0.05, 0.1) is 11.1 Å². The maximum atomic E-state index is 12.0. The molecule has 0 aromatic carbocycles. The van der Waals surface area contributed by atoms with E-state index in [2.05, 4.69) is 57.9 Å². The van der Waals surface area contributed by atoms with Crippen molar-refractivity contribution >= 4 is 23.2 Å². The molecule has 35 heavy (non-hydrogen) atoms. The van der Waals surface area contributed by atoms with E-state index in [0.29, 0.717) is 31.3 Å². The zero-order valence-corrected chi connectivity index (χ0v) is 21.8. The molecule has 3 aliphatic rings. The number of thiocarbonyl (C=S) groups is 1. The van der Waals surface area contributed by atoms with Gasteiger partial charge in [-0.15, -0.1) is 0 Å². The summed E-state index contributed by atoms with van der Waals surface area (Å²) in [4.78, 5) is 14.7. The van der Waals surface area contributed by atoms with Crippen LogP contribution in [-0.2, 0) is 4.79 Å². The maximum Gasteiger partial charge on any atom is 0.217 e. The summed E-state index contributed by atoms with van der Waals surface area (Å²) in [6.07, 6.45) is 1.71. The van der Waals surface area contributed by atoms with Gasteiger partial charge in [0.15, 0.2) is 5.11 Å². The van der Waals surface area contributed by atoms with E-state index in [1.807, 2.05) is 0 Å². The number of rotatable bonds is 7. The molecular formula is C21H44N12OS. The van der Waals surface area contributed by atoms with Gasteiger partial charge in [-0.25, -0.2) is 0 Å². The first-order valence-corrected chi connectivity index (χ1v) is 13.0. The quantitative estimate of drug-likeness (QED) is 0.0594. The van der Waals surface area contributed by atoms with Crippen molar-refractivity contribution in [2.45, 2.75) is 30.8 Å². The number of amides is 1. The van der Waals surface area contributed by atoms with Gasteiger partial charge in [0.1, 0.15) is 0 Å². The van der Waals surface area contributed by atoms with Crippen LogP contribution in [0.25, 0.3) is 10.4 Å². The van der Waals surface area contributed by atoms with Gasteiger partial charge in [0, 0.05) is 103 Å². The Kier molecular flexibility index (Phi) is 14.2. The van der Waals surface area contributed by atoms with Crippen LogP contribution in [0, 0.1) is 0 Å². The van der Waals surface area contributed by atoms with Gasteiger partial charge in [-0.1, -0.05) is 5.11 Å². The van der Waals surface area contributed by atoms with Gasteiger partial charge < -0.3 is 47.9 Å². The number of carbonyl (C=O) groups is 1. The zero-order valence-electron chi connectivity index (χ0n) is 21.0. The molecule has 14 heteroatoms. The Morgan fingerprint density at radius 2 is 1.26 bits per heavy atom. The van der Waals surface area contributed by atoms with Crippen LogP contribution in [-0.4, -0.2) is 114 Å². The van der Waals surface area contributed by atoms with Crippen molar-refractivity contribution in [3.63, 3.8) is 0 Å². The van der Waals surface area contributed by atoms with Crippen molar-refractivity contribution in [2.75, 3.05) is 91.6 Å². The Bertz CT molecular complexity index is 644. The number of hydrogen-bond donors (Lipinski definition) is 9. The van der Waals surface area contributed by atoms with E-state index in [4.69, 9.17) is 17.7 Å². The Morgan fingerprint density at radius 1 is 0.829 bits per heavy atom. The molecule has 0 saturated carbocycles. The number of carbonyl (C=O) groups excluding carboxylic acids is 1. The average Bonchev–Trinajstić information content (AvgIpc) is 2.82. The molecule has 3 saturated heterocycles. The summed E-state index contributed by atoms with van der Waals surface area (Å²) in [5.41, 5.74) is 7.67. The van der Waals surface area contributed by atoms with Crippen molar-refractivity contribution in [3.8, 4) is 0 Å². The van der Waals surface area contributed by atoms with E-state index in [1.165, 1.54) is 0 Å². The third-order valence-electron chi connectivity index (χ3n) is 6.07. The zero-order chi connectivity index (χ0) is 25.2. The van der Waals surface area contributed by atoms with Crippen LogP contribution in [0.15, 0.2) is 5.11 Å². The number of nitrogens with one attached hydrogen (secondary N) is 9. The van der Waals surface area contributed by atoms with E-state index in [-0.39, 0.29) is 11.4 Å². The minimum atomic E-state index is -0.399. The van der Waals surface area contributed by atoms with E-state index < -0.39 is 5.54 Å². The van der Waals surface area contributed by atoms with Gasteiger partial charge in [-0.05, 0) is 30.6 Å². The standard InChI is InChI=1S/C21H44N12OS/c1-18(34)31-20-12-23-6-9-26-15-21(16-27-10-7-24-13-20,17-28-11-8-25-14-20)32-19(35)29-4-2-3-5-30-33-22/h23-28H,2-17H2,1H3,(H,31,34)(H2,29,32,35). The lowest BCUT2D eigenvalue weighted by Gasteiger charge is -2.39. The molecule has 0 aromatic rings. The monoisotopic (exact) mass is 512 g/mol. The molecule has 9 N–H and O–H groups in total. The SMILES string of the molecule is CC(=O)NC12CNCCNCC(NC(=S)NCCCCN=[N+]=[N-])(CNCCNC1)CNCCNC2. The van der Waals surface area contributed by atoms with Gasteiger partial charge >= 0.3 is 0 Å². The van der Waals surface area contributed by atoms with E-state index in [9.17, 15) is 4.79 Å². The molecule has 0 aromatic heterocycles. The molecule has 0 aliphatic carbocycles. The predicted molar refractivity (Wildman–Crippen MR) is 143 cm³/mol. The fourth-order valence-electron chi connectivity index (χ4n) is 4.35. The smallest absolute Gasteiger partial charge is 0.217 e. The summed E-state index contributed by atoms with van der Waals surface area (Å²) in [5, 5.41) is 35.5. The van der Waals surface area contributed by atoms with Crippen molar-refractivity contribution in [1.29, 1.82) is 0 Å². The number of unbranched alkanes of at least 4 members (excludes halogenated alkanes) is 1. The minimum Gasteiger partial charge on any atom is -0.363 e. The van der Waals surface area contributed by atoms with Crippen LogP contribution < -0.4 is 47.9 Å². The van der Waals surface area contributed by atoms with Crippen LogP contribution in [0.4, 0.5) is 0 Å². The fourth-order valence-corrected chi connectivity index (χ4v) is 4.67. The lowest BCUT2D eigenvalue weighted by Crippen LogP contribution is -2.68. The minimum absolute atomic E-state index is 0.0249. The highest BCUT2D eigenvalue weighted by atomic mass is 32.1. The third kappa shape index (κ3) is 12.2. The molecule has 200 valence electrons. The van der Waals surface area contributed by atoms with Crippen molar-refractivity contribution in [1.82, 2.24) is 47.9 Å². The van der Waals surface area contributed by atoms with E-state index in [0.717, 1.165) is 78.3 Å². The maximum absolute atomic E-state index is 12.0. The second kappa shape index (κ2) is 16.8. The predicted octanol–water partition coefficient (Wildman–Crippen LogP) is -2.28. The largest absolute Gasteiger partial charge is 0.363 e. The van der Waals surface area contributed by atoms with Gasteiger partial charge in [-0.2, -0.15) is 0 Å². The second-order valence-electron chi connectivity index (χ2n) is 9.34. The van der Waals surface area contributed by atoms with Gasteiger partial charge in [0.2, 0.25) is 5.91 Å². The van der Waals surface area contributed by atoms with Crippen molar-refractivity contribution in [2.24, 2.45) is 5.11 Å². The Labute approximate surface area is 214 Å². The summed E-state index contributed by atoms with van der Waals surface area (Å²) in [7, 11) is 0. The molecule has 3 aliphatic heterocycles. The highest BCUT2D eigenvalue weighted by Gasteiger charge is 2.32. The van der Waals surface area contributed by atoms with Gasteiger partial charge in [-0.3, -0.25) is 4.79 Å². The first-order chi connectivity index (χ1) is 17.0. The topological polar surface area (TPSA) is 174 Å². The Hall–Kier alpha value is -1.77. The molecule has 3 fully saturated rings. The lowest BCUT2D eigenvalue weighted by molar-refractivity contribution is -0.120. The van der Waals surface area contributed by atoms with Crippen LogP contribution in [0.2, 0.25) is 0 Å². The molecule has 1 amide bonds. The van der Waals surface area contributed by atoms with E-state index in [1.54, 1.807) is 6.92 Å². The average molecular weight is 513 g/mol. The van der Waals surface area contributed by atoms with Gasteiger partial charge in [0.25, 0.3) is 0 Å². The highest BCUT2D eigenvalue weighted by Crippen LogP contribution is 2.05. The van der Waals surface area contributed by atoms with Crippen molar-refractivity contribution in [3.05, 3.63) is 10.4 Å².